The molecule has 7 nitrogen and oxygen atoms in total. The molecule has 2 aromatic rings. The van der Waals surface area contributed by atoms with Crippen molar-refractivity contribution in [2.75, 3.05) is 36.4 Å². The summed E-state index contributed by atoms with van der Waals surface area (Å²) in [5.74, 6) is 1.39. The molecule has 0 aromatic carbocycles. The largest absolute Gasteiger partial charge is 0.368 e. The van der Waals surface area contributed by atoms with Crippen LogP contribution < -0.4 is 16.8 Å². The third kappa shape index (κ3) is 4.05. The lowest BCUT2D eigenvalue weighted by Crippen LogP contribution is -2.35. The highest BCUT2D eigenvalue weighted by atomic mass is 32.1. The van der Waals surface area contributed by atoms with Crippen LogP contribution in [-0.4, -0.2) is 39.5 Å². The third-order valence-electron chi connectivity index (χ3n) is 3.89. The molecule has 2 aromatic heterocycles. The lowest BCUT2D eigenvalue weighted by atomic mass is 9.97. The fraction of sp³-hybridized carbons (Fsp3) is 0.500. The van der Waals surface area contributed by atoms with Crippen molar-refractivity contribution in [3.05, 3.63) is 22.4 Å². The molecule has 1 fully saturated rings. The van der Waals surface area contributed by atoms with Gasteiger partial charge in [0, 0.05) is 18.0 Å². The van der Waals surface area contributed by atoms with Crippen LogP contribution in [0, 0.1) is 5.92 Å². The second-order valence-electron chi connectivity index (χ2n) is 5.56. The van der Waals surface area contributed by atoms with E-state index in [1.165, 1.54) is 17.7 Å². The molecule has 0 spiro atoms. The van der Waals surface area contributed by atoms with E-state index in [9.17, 15) is 0 Å². The van der Waals surface area contributed by atoms with Gasteiger partial charge in [-0.15, -0.1) is 11.3 Å². The maximum absolute atomic E-state index is 5.56. The summed E-state index contributed by atoms with van der Waals surface area (Å²) in [6.07, 6.45) is 2.35. The molecule has 0 amide bonds. The second kappa shape index (κ2) is 6.89. The Hall–Kier alpha value is -1.93. The molecule has 1 aliphatic rings. The van der Waals surface area contributed by atoms with Crippen molar-refractivity contribution in [3.63, 3.8) is 0 Å². The molecule has 118 valence electrons. The Bertz CT molecular complexity index is 573. The first-order valence-corrected chi connectivity index (χ1v) is 8.32. The van der Waals surface area contributed by atoms with Crippen molar-refractivity contribution in [2.24, 2.45) is 5.92 Å². The Labute approximate surface area is 133 Å². The van der Waals surface area contributed by atoms with Gasteiger partial charge in [0.15, 0.2) is 0 Å². The second-order valence-corrected chi connectivity index (χ2v) is 6.59. The van der Waals surface area contributed by atoms with Crippen LogP contribution in [0.15, 0.2) is 17.5 Å². The van der Waals surface area contributed by atoms with Crippen LogP contribution in [-0.2, 0) is 6.54 Å². The van der Waals surface area contributed by atoms with Crippen LogP contribution in [0.3, 0.4) is 0 Å². The summed E-state index contributed by atoms with van der Waals surface area (Å²) in [7, 11) is 0. The smallest absolute Gasteiger partial charge is 0.229 e. The van der Waals surface area contributed by atoms with Gasteiger partial charge in [0.2, 0.25) is 17.8 Å². The van der Waals surface area contributed by atoms with Crippen LogP contribution >= 0.6 is 11.3 Å². The Balaban J connectivity index is 1.44. The minimum atomic E-state index is 0.153. The van der Waals surface area contributed by atoms with Gasteiger partial charge in [0.25, 0.3) is 0 Å². The lowest BCUT2D eigenvalue weighted by molar-refractivity contribution is 0.183. The maximum Gasteiger partial charge on any atom is 0.229 e. The number of piperidine rings is 1. The molecule has 0 bridgehead atoms. The Morgan fingerprint density at radius 3 is 2.55 bits per heavy atom. The van der Waals surface area contributed by atoms with Crippen molar-refractivity contribution in [1.29, 1.82) is 0 Å². The molecule has 1 aliphatic heterocycles. The average molecular weight is 319 g/mol. The highest BCUT2D eigenvalue weighted by Gasteiger charge is 2.19. The van der Waals surface area contributed by atoms with E-state index in [0.717, 1.165) is 26.2 Å². The number of likely N-dealkylation sites (tertiary alicyclic amines) is 1. The number of anilines is 3. The number of rotatable bonds is 5. The first-order valence-electron chi connectivity index (χ1n) is 7.44. The Kier molecular flexibility index (Phi) is 4.69. The van der Waals surface area contributed by atoms with Gasteiger partial charge in [0.1, 0.15) is 0 Å². The molecule has 0 radical (unpaired) electrons. The lowest BCUT2D eigenvalue weighted by Gasteiger charge is -2.31. The molecule has 0 aliphatic carbocycles. The van der Waals surface area contributed by atoms with Gasteiger partial charge < -0.3 is 16.8 Å². The molecule has 0 unspecified atom stereocenters. The zero-order chi connectivity index (χ0) is 15.4. The number of nitrogens with two attached hydrogens (primary N) is 2. The van der Waals surface area contributed by atoms with E-state index in [2.05, 4.69) is 42.7 Å². The molecule has 22 heavy (non-hydrogen) atoms. The van der Waals surface area contributed by atoms with Gasteiger partial charge in [-0.1, -0.05) is 6.07 Å². The van der Waals surface area contributed by atoms with Crippen molar-refractivity contribution in [3.8, 4) is 0 Å². The molecular weight excluding hydrogens is 298 g/mol. The molecule has 3 rings (SSSR count). The van der Waals surface area contributed by atoms with Gasteiger partial charge in [0.05, 0.1) is 0 Å². The van der Waals surface area contributed by atoms with E-state index in [-0.39, 0.29) is 11.9 Å². The Morgan fingerprint density at radius 2 is 1.91 bits per heavy atom. The number of hydrogen-bond acceptors (Lipinski definition) is 8. The van der Waals surface area contributed by atoms with Crippen molar-refractivity contribution < 1.29 is 0 Å². The van der Waals surface area contributed by atoms with Crippen molar-refractivity contribution in [1.82, 2.24) is 19.9 Å². The number of nitrogens with zero attached hydrogens (tertiary/aromatic N) is 4. The molecule has 0 saturated carbocycles. The van der Waals surface area contributed by atoms with Crippen LogP contribution in [0.2, 0.25) is 0 Å². The summed E-state index contributed by atoms with van der Waals surface area (Å²) in [4.78, 5) is 15.8. The number of hydrogen-bond donors (Lipinski definition) is 3. The predicted octanol–water partition coefficient (Wildman–Crippen LogP) is 1.42. The third-order valence-corrected chi connectivity index (χ3v) is 4.75. The highest BCUT2D eigenvalue weighted by Crippen LogP contribution is 2.21. The van der Waals surface area contributed by atoms with E-state index >= 15 is 0 Å². The molecule has 5 N–H and O–H groups in total. The standard InChI is InChI=1S/C14H21N7S/c15-12-18-13(16)20-14(19-12)17-8-10-3-5-21(6-4-10)9-11-2-1-7-22-11/h1-2,7,10H,3-6,8-9H2,(H5,15,16,17,18,19,20). The molecule has 8 heteroatoms. The van der Waals surface area contributed by atoms with Gasteiger partial charge in [-0.3, -0.25) is 4.90 Å². The molecule has 1 saturated heterocycles. The summed E-state index contributed by atoms with van der Waals surface area (Å²) < 4.78 is 0. The number of nitrogen functional groups attached to an aromatic ring is 2. The molecule has 3 heterocycles. The van der Waals surface area contributed by atoms with E-state index in [0.29, 0.717) is 11.9 Å². The topological polar surface area (TPSA) is 106 Å². The summed E-state index contributed by atoms with van der Waals surface area (Å²) >= 11 is 1.83. The quantitative estimate of drug-likeness (QED) is 0.765. The molecule has 0 atom stereocenters. The fourth-order valence-corrected chi connectivity index (χ4v) is 3.44. The summed E-state index contributed by atoms with van der Waals surface area (Å²) in [5, 5.41) is 5.35. The number of nitrogens with one attached hydrogen (secondary N) is 1. The fourth-order valence-electron chi connectivity index (χ4n) is 2.70. The van der Waals surface area contributed by atoms with E-state index in [1.807, 2.05) is 11.3 Å². The zero-order valence-corrected chi connectivity index (χ0v) is 13.2. The summed E-state index contributed by atoms with van der Waals surface area (Å²) in [6.45, 7) is 4.17. The van der Waals surface area contributed by atoms with Crippen molar-refractivity contribution >= 4 is 29.2 Å². The van der Waals surface area contributed by atoms with Gasteiger partial charge in [-0.25, -0.2) is 0 Å². The average Bonchev–Trinajstić information content (AvgIpc) is 2.98. The monoisotopic (exact) mass is 319 g/mol. The SMILES string of the molecule is Nc1nc(N)nc(NCC2CCN(Cc3cccs3)CC2)n1. The Morgan fingerprint density at radius 1 is 1.18 bits per heavy atom. The van der Waals surface area contributed by atoms with Gasteiger partial charge in [-0.05, 0) is 43.3 Å². The normalized spacial score (nSPS) is 16.7. The maximum atomic E-state index is 5.56. The van der Waals surface area contributed by atoms with Crippen LogP contribution in [0.25, 0.3) is 0 Å². The van der Waals surface area contributed by atoms with Crippen LogP contribution in [0.1, 0.15) is 17.7 Å². The van der Waals surface area contributed by atoms with E-state index in [1.54, 1.807) is 0 Å². The number of aromatic nitrogens is 3. The highest BCUT2D eigenvalue weighted by molar-refractivity contribution is 7.09. The summed E-state index contributed by atoms with van der Waals surface area (Å²) in [5.41, 5.74) is 11.1. The van der Waals surface area contributed by atoms with Crippen LogP contribution in [0.4, 0.5) is 17.8 Å². The van der Waals surface area contributed by atoms with Gasteiger partial charge >= 0.3 is 0 Å². The minimum absolute atomic E-state index is 0.153. The zero-order valence-electron chi connectivity index (χ0n) is 12.4. The first-order chi connectivity index (χ1) is 10.7. The number of thiophene rings is 1. The van der Waals surface area contributed by atoms with Gasteiger partial charge in [-0.2, -0.15) is 15.0 Å². The minimum Gasteiger partial charge on any atom is -0.368 e. The molecular formula is C14H21N7S. The summed E-state index contributed by atoms with van der Waals surface area (Å²) in [6, 6.07) is 4.32. The predicted molar refractivity (Wildman–Crippen MR) is 89.5 cm³/mol. The van der Waals surface area contributed by atoms with Crippen LogP contribution in [0.5, 0.6) is 0 Å². The van der Waals surface area contributed by atoms with Crippen molar-refractivity contribution in [2.45, 2.75) is 19.4 Å². The first kappa shape index (κ1) is 15.0. The van der Waals surface area contributed by atoms with E-state index in [4.69, 9.17) is 11.5 Å². The van der Waals surface area contributed by atoms with E-state index < -0.39 is 0 Å².